The summed E-state index contributed by atoms with van der Waals surface area (Å²) in [7, 11) is 0. The molecule has 0 aliphatic rings. The number of aromatic nitrogens is 1. The second-order valence-electron chi connectivity index (χ2n) is 5.50. The summed E-state index contributed by atoms with van der Waals surface area (Å²) in [6.45, 7) is 6.61. The van der Waals surface area contributed by atoms with Gasteiger partial charge in [-0.25, -0.2) is 0 Å². The Bertz CT molecular complexity index is 554. The van der Waals surface area contributed by atoms with Crippen LogP contribution in [-0.4, -0.2) is 9.97 Å². The molecule has 98 valence electrons. The molecule has 2 aromatic rings. The summed E-state index contributed by atoms with van der Waals surface area (Å²) in [6.07, 6.45) is 1.74. The number of nitrogens with zero attached hydrogens (tertiary/aromatic N) is 1. The number of nitrogens with one attached hydrogen (secondary N) is 1. The zero-order valence-electron chi connectivity index (χ0n) is 11.5. The summed E-state index contributed by atoms with van der Waals surface area (Å²) in [5.74, 6) is 0. The second-order valence-corrected chi connectivity index (χ2v) is 5.90. The molecular formula is C16H18N2S. The third-order valence-electron chi connectivity index (χ3n) is 2.91. The van der Waals surface area contributed by atoms with Crippen molar-refractivity contribution in [3.05, 3.63) is 59.9 Å². The van der Waals surface area contributed by atoms with Crippen molar-refractivity contribution in [2.75, 3.05) is 5.32 Å². The van der Waals surface area contributed by atoms with E-state index in [0.717, 1.165) is 11.4 Å². The zero-order chi connectivity index (χ0) is 13.9. The van der Waals surface area contributed by atoms with Crippen LogP contribution in [0.15, 0.2) is 48.7 Å². The van der Waals surface area contributed by atoms with Gasteiger partial charge in [-0.3, -0.25) is 4.98 Å². The van der Waals surface area contributed by atoms with Gasteiger partial charge in [0.1, 0.15) is 4.99 Å². The van der Waals surface area contributed by atoms with Gasteiger partial charge in [0.05, 0.1) is 5.69 Å². The topological polar surface area (TPSA) is 24.9 Å². The summed E-state index contributed by atoms with van der Waals surface area (Å²) in [5, 5.41) is 3.21. The average molecular weight is 270 g/mol. The molecule has 0 aliphatic carbocycles. The minimum Gasteiger partial charge on any atom is -0.345 e. The third kappa shape index (κ3) is 3.61. The van der Waals surface area contributed by atoms with Crippen LogP contribution in [0.25, 0.3) is 0 Å². The standard InChI is InChI=1S/C16H18N2S/c1-16(2,3)12-7-9-13(10-8-12)18-15(19)14-6-4-5-11-17-14/h4-11H,1-3H3,(H,18,19). The Labute approximate surface area is 119 Å². The van der Waals surface area contributed by atoms with E-state index in [1.54, 1.807) is 6.20 Å². The van der Waals surface area contributed by atoms with E-state index >= 15 is 0 Å². The molecule has 0 saturated carbocycles. The van der Waals surface area contributed by atoms with Crippen molar-refractivity contribution in [2.24, 2.45) is 0 Å². The van der Waals surface area contributed by atoms with Crippen LogP contribution in [0.2, 0.25) is 0 Å². The molecule has 0 unspecified atom stereocenters. The molecule has 0 aliphatic heterocycles. The third-order valence-corrected chi connectivity index (χ3v) is 3.22. The first-order valence-corrected chi connectivity index (χ1v) is 6.70. The fourth-order valence-corrected chi connectivity index (χ4v) is 1.98. The van der Waals surface area contributed by atoms with Gasteiger partial charge < -0.3 is 5.32 Å². The first-order valence-electron chi connectivity index (χ1n) is 6.30. The Morgan fingerprint density at radius 1 is 1.05 bits per heavy atom. The van der Waals surface area contributed by atoms with Crippen molar-refractivity contribution >= 4 is 22.9 Å². The van der Waals surface area contributed by atoms with Crippen molar-refractivity contribution in [2.45, 2.75) is 26.2 Å². The smallest absolute Gasteiger partial charge is 0.129 e. The Morgan fingerprint density at radius 3 is 2.26 bits per heavy atom. The van der Waals surface area contributed by atoms with E-state index in [9.17, 15) is 0 Å². The highest BCUT2D eigenvalue weighted by molar-refractivity contribution is 7.81. The number of anilines is 1. The van der Waals surface area contributed by atoms with E-state index in [2.05, 4.69) is 55.3 Å². The predicted octanol–water partition coefficient (Wildman–Crippen LogP) is 4.17. The Morgan fingerprint density at radius 2 is 1.74 bits per heavy atom. The lowest BCUT2D eigenvalue weighted by molar-refractivity contribution is 0.590. The number of hydrogen-bond acceptors (Lipinski definition) is 2. The molecule has 0 bridgehead atoms. The monoisotopic (exact) mass is 270 g/mol. The lowest BCUT2D eigenvalue weighted by Gasteiger charge is -2.19. The molecule has 0 saturated heterocycles. The molecule has 1 heterocycles. The van der Waals surface area contributed by atoms with E-state index in [1.807, 2.05) is 18.2 Å². The van der Waals surface area contributed by atoms with Crippen molar-refractivity contribution in [1.29, 1.82) is 0 Å². The van der Waals surface area contributed by atoms with Gasteiger partial charge in [0.2, 0.25) is 0 Å². The highest BCUT2D eigenvalue weighted by Gasteiger charge is 2.13. The Hall–Kier alpha value is -1.74. The largest absolute Gasteiger partial charge is 0.345 e. The number of thiocarbonyl (C=S) groups is 1. The summed E-state index contributed by atoms with van der Waals surface area (Å²) < 4.78 is 0. The average Bonchev–Trinajstić information content (AvgIpc) is 2.39. The maximum absolute atomic E-state index is 5.34. The van der Waals surface area contributed by atoms with E-state index < -0.39 is 0 Å². The predicted molar refractivity (Wildman–Crippen MR) is 84.7 cm³/mol. The van der Waals surface area contributed by atoms with E-state index in [0.29, 0.717) is 4.99 Å². The van der Waals surface area contributed by atoms with Crippen LogP contribution in [0.3, 0.4) is 0 Å². The molecule has 0 spiro atoms. The highest BCUT2D eigenvalue weighted by atomic mass is 32.1. The molecule has 3 heteroatoms. The first kappa shape index (κ1) is 13.7. The van der Waals surface area contributed by atoms with Crippen molar-refractivity contribution in [3.63, 3.8) is 0 Å². The van der Waals surface area contributed by atoms with Gasteiger partial charge in [-0.1, -0.05) is 51.2 Å². The second kappa shape index (κ2) is 5.49. The van der Waals surface area contributed by atoms with Crippen LogP contribution in [-0.2, 0) is 5.41 Å². The Kier molecular flexibility index (Phi) is 3.96. The van der Waals surface area contributed by atoms with Crippen molar-refractivity contribution in [3.8, 4) is 0 Å². The molecule has 0 atom stereocenters. The normalized spacial score (nSPS) is 11.1. The maximum atomic E-state index is 5.34. The first-order chi connectivity index (χ1) is 8.97. The molecule has 19 heavy (non-hydrogen) atoms. The fraction of sp³-hybridized carbons (Fsp3) is 0.250. The van der Waals surface area contributed by atoms with Gasteiger partial charge >= 0.3 is 0 Å². The minimum absolute atomic E-state index is 0.167. The van der Waals surface area contributed by atoms with Gasteiger partial charge in [-0.05, 0) is 35.2 Å². The summed E-state index contributed by atoms with van der Waals surface area (Å²) in [6, 6.07) is 14.1. The highest BCUT2D eigenvalue weighted by Crippen LogP contribution is 2.23. The number of hydrogen-bond donors (Lipinski definition) is 1. The molecule has 2 nitrogen and oxygen atoms in total. The van der Waals surface area contributed by atoms with Gasteiger partial charge in [-0.2, -0.15) is 0 Å². The van der Waals surface area contributed by atoms with E-state index in [-0.39, 0.29) is 5.41 Å². The van der Waals surface area contributed by atoms with E-state index in [4.69, 9.17) is 12.2 Å². The lowest BCUT2D eigenvalue weighted by atomic mass is 9.87. The molecule has 1 aromatic carbocycles. The van der Waals surface area contributed by atoms with Gasteiger partial charge in [0.25, 0.3) is 0 Å². The van der Waals surface area contributed by atoms with Crippen LogP contribution in [0.5, 0.6) is 0 Å². The SMILES string of the molecule is CC(C)(C)c1ccc(NC(=S)c2ccccn2)cc1. The minimum atomic E-state index is 0.167. The molecule has 2 rings (SSSR count). The number of benzene rings is 1. The fourth-order valence-electron chi connectivity index (χ4n) is 1.75. The Balaban J connectivity index is 2.10. The summed E-state index contributed by atoms with van der Waals surface area (Å²) in [5.41, 5.74) is 3.25. The van der Waals surface area contributed by atoms with Crippen molar-refractivity contribution < 1.29 is 0 Å². The van der Waals surface area contributed by atoms with Crippen LogP contribution in [0.4, 0.5) is 5.69 Å². The number of rotatable bonds is 2. The molecule has 1 aromatic heterocycles. The van der Waals surface area contributed by atoms with Gasteiger partial charge in [-0.15, -0.1) is 0 Å². The van der Waals surface area contributed by atoms with E-state index in [1.165, 1.54) is 5.56 Å². The van der Waals surface area contributed by atoms with Crippen LogP contribution >= 0.6 is 12.2 Å². The molecule has 0 fully saturated rings. The number of pyridine rings is 1. The van der Waals surface area contributed by atoms with Crippen LogP contribution in [0, 0.1) is 0 Å². The quantitative estimate of drug-likeness (QED) is 0.829. The van der Waals surface area contributed by atoms with Crippen molar-refractivity contribution in [1.82, 2.24) is 4.98 Å². The molecular weight excluding hydrogens is 252 g/mol. The molecule has 1 N–H and O–H groups in total. The van der Waals surface area contributed by atoms with Crippen LogP contribution in [0.1, 0.15) is 32.0 Å². The van der Waals surface area contributed by atoms with Crippen LogP contribution < -0.4 is 5.32 Å². The molecule has 0 radical (unpaired) electrons. The molecule has 0 amide bonds. The summed E-state index contributed by atoms with van der Waals surface area (Å²) >= 11 is 5.34. The summed E-state index contributed by atoms with van der Waals surface area (Å²) in [4.78, 5) is 4.87. The lowest BCUT2D eigenvalue weighted by Crippen LogP contribution is -2.13. The van der Waals surface area contributed by atoms with Gasteiger partial charge in [0, 0.05) is 11.9 Å². The van der Waals surface area contributed by atoms with Gasteiger partial charge in [0.15, 0.2) is 0 Å². The zero-order valence-corrected chi connectivity index (χ0v) is 12.3. The maximum Gasteiger partial charge on any atom is 0.129 e.